The molecule has 0 fully saturated rings. The molecule has 2 aromatic heterocycles. The zero-order chi connectivity index (χ0) is 16.4. The zero-order valence-corrected chi connectivity index (χ0v) is 13.7. The Hall–Kier alpha value is -2.63. The second-order valence-corrected chi connectivity index (χ2v) is 5.47. The van der Waals surface area contributed by atoms with Gasteiger partial charge in [-0.1, -0.05) is 13.0 Å². The van der Waals surface area contributed by atoms with Gasteiger partial charge in [0.2, 0.25) is 5.95 Å². The second-order valence-electron chi connectivity index (χ2n) is 5.47. The number of rotatable bonds is 5. The first-order valence-corrected chi connectivity index (χ1v) is 7.93. The van der Waals surface area contributed by atoms with Gasteiger partial charge in [0.1, 0.15) is 5.65 Å². The van der Waals surface area contributed by atoms with Crippen molar-refractivity contribution in [3.63, 3.8) is 0 Å². The summed E-state index contributed by atoms with van der Waals surface area (Å²) in [6, 6.07) is 6.01. The fourth-order valence-electron chi connectivity index (χ4n) is 2.86. The van der Waals surface area contributed by atoms with Crippen molar-refractivity contribution < 1.29 is 0 Å². The summed E-state index contributed by atoms with van der Waals surface area (Å²) in [6.45, 7) is 6.17. The van der Waals surface area contributed by atoms with E-state index in [-0.39, 0.29) is 5.56 Å². The minimum atomic E-state index is -0.123. The molecule has 3 rings (SSSR count). The highest BCUT2D eigenvalue weighted by atomic mass is 16.1. The van der Waals surface area contributed by atoms with Crippen LogP contribution in [0.5, 0.6) is 0 Å². The van der Waals surface area contributed by atoms with Gasteiger partial charge in [0.25, 0.3) is 5.56 Å². The Labute approximate surface area is 134 Å². The van der Waals surface area contributed by atoms with Crippen LogP contribution in [0.1, 0.15) is 20.3 Å². The van der Waals surface area contributed by atoms with E-state index in [1.54, 1.807) is 13.2 Å². The fourth-order valence-corrected chi connectivity index (χ4v) is 2.86. The maximum Gasteiger partial charge on any atom is 0.257 e. The summed E-state index contributed by atoms with van der Waals surface area (Å²) in [5.41, 5.74) is 1.50. The van der Waals surface area contributed by atoms with E-state index >= 15 is 0 Å². The lowest BCUT2D eigenvalue weighted by Crippen LogP contribution is -2.23. The Morgan fingerprint density at radius 1 is 1.22 bits per heavy atom. The predicted molar refractivity (Wildman–Crippen MR) is 95.4 cm³/mol. The van der Waals surface area contributed by atoms with Crippen molar-refractivity contribution in [1.82, 2.24) is 15.0 Å². The number of H-pyrrole nitrogens is 1. The summed E-state index contributed by atoms with van der Waals surface area (Å²) < 4.78 is 0. The predicted octanol–water partition coefficient (Wildman–Crippen LogP) is 2.75. The van der Waals surface area contributed by atoms with Crippen LogP contribution in [0.25, 0.3) is 21.8 Å². The van der Waals surface area contributed by atoms with E-state index in [1.807, 2.05) is 12.1 Å². The quantitative estimate of drug-likeness (QED) is 0.709. The molecule has 0 radical (unpaired) electrons. The van der Waals surface area contributed by atoms with Crippen LogP contribution < -0.4 is 15.8 Å². The highest BCUT2D eigenvalue weighted by Crippen LogP contribution is 2.25. The summed E-state index contributed by atoms with van der Waals surface area (Å²) >= 11 is 0. The third-order valence-corrected chi connectivity index (χ3v) is 4.02. The summed E-state index contributed by atoms with van der Waals surface area (Å²) in [5, 5.41) is 5.28. The Morgan fingerprint density at radius 3 is 2.74 bits per heavy atom. The van der Waals surface area contributed by atoms with Gasteiger partial charge in [-0.3, -0.25) is 4.79 Å². The highest BCUT2D eigenvalue weighted by Gasteiger charge is 2.10. The van der Waals surface area contributed by atoms with Crippen molar-refractivity contribution in [2.24, 2.45) is 0 Å². The van der Waals surface area contributed by atoms with Crippen LogP contribution in [0.2, 0.25) is 0 Å². The molecule has 0 spiro atoms. The molecule has 2 N–H and O–H groups in total. The Bertz CT molecular complexity index is 903. The topological polar surface area (TPSA) is 73.9 Å². The summed E-state index contributed by atoms with van der Waals surface area (Å²) in [6.07, 6.45) is 2.82. The molecule has 0 bridgehead atoms. The van der Waals surface area contributed by atoms with Gasteiger partial charge >= 0.3 is 0 Å². The van der Waals surface area contributed by atoms with Gasteiger partial charge in [0, 0.05) is 42.8 Å². The Kier molecular flexibility index (Phi) is 4.14. The van der Waals surface area contributed by atoms with Gasteiger partial charge in [-0.05, 0) is 30.9 Å². The van der Waals surface area contributed by atoms with Crippen LogP contribution in [-0.2, 0) is 0 Å². The summed E-state index contributed by atoms with van der Waals surface area (Å²) in [4.78, 5) is 26.2. The first kappa shape index (κ1) is 15.3. The number of hydrogen-bond donors (Lipinski definition) is 2. The van der Waals surface area contributed by atoms with Gasteiger partial charge < -0.3 is 15.2 Å². The zero-order valence-electron chi connectivity index (χ0n) is 13.7. The first-order valence-electron chi connectivity index (χ1n) is 7.93. The van der Waals surface area contributed by atoms with Gasteiger partial charge in [-0.15, -0.1) is 0 Å². The molecule has 23 heavy (non-hydrogen) atoms. The maximum absolute atomic E-state index is 12.5. The Morgan fingerprint density at radius 2 is 2.04 bits per heavy atom. The molecular weight excluding hydrogens is 290 g/mol. The van der Waals surface area contributed by atoms with E-state index in [1.165, 1.54) is 0 Å². The molecule has 120 valence electrons. The van der Waals surface area contributed by atoms with E-state index in [2.05, 4.69) is 45.1 Å². The normalized spacial score (nSPS) is 11.1. The van der Waals surface area contributed by atoms with Crippen LogP contribution in [0, 0.1) is 0 Å². The lowest BCUT2D eigenvalue weighted by Gasteiger charge is -2.22. The monoisotopic (exact) mass is 311 g/mol. The van der Waals surface area contributed by atoms with Crippen molar-refractivity contribution in [2.75, 3.05) is 30.4 Å². The fraction of sp³-hybridized carbons (Fsp3) is 0.353. The van der Waals surface area contributed by atoms with Crippen molar-refractivity contribution in [2.45, 2.75) is 20.3 Å². The number of benzene rings is 1. The number of aromatic amines is 1. The van der Waals surface area contributed by atoms with Gasteiger partial charge in [-0.2, -0.15) is 4.98 Å². The van der Waals surface area contributed by atoms with E-state index in [0.717, 1.165) is 36.0 Å². The van der Waals surface area contributed by atoms with Gasteiger partial charge in [0.05, 0.1) is 0 Å². The van der Waals surface area contributed by atoms with E-state index < -0.39 is 0 Å². The van der Waals surface area contributed by atoms with Crippen molar-refractivity contribution in [3.8, 4) is 0 Å². The molecule has 0 saturated heterocycles. The lowest BCUT2D eigenvalue weighted by molar-refractivity contribution is 0.792. The van der Waals surface area contributed by atoms with E-state index in [9.17, 15) is 4.79 Å². The largest absolute Gasteiger partial charge is 0.372 e. The van der Waals surface area contributed by atoms with Gasteiger partial charge in [0.15, 0.2) is 0 Å². The summed E-state index contributed by atoms with van der Waals surface area (Å²) in [5.74, 6) is 0.490. The Balaban J connectivity index is 2.22. The molecule has 0 saturated carbocycles. The van der Waals surface area contributed by atoms with Gasteiger partial charge in [-0.25, -0.2) is 4.98 Å². The molecule has 6 nitrogen and oxygen atoms in total. The third-order valence-electron chi connectivity index (χ3n) is 4.02. The molecule has 2 heterocycles. The molecule has 6 heteroatoms. The number of nitrogens with zero attached hydrogens (tertiary/aromatic N) is 3. The smallest absolute Gasteiger partial charge is 0.257 e. The number of hydrogen-bond acceptors (Lipinski definition) is 5. The molecule has 0 aliphatic carbocycles. The molecular formula is C17H21N5O. The molecule has 1 aromatic carbocycles. The minimum Gasteiger partial charge on any atom is -0.372 e. The van der Waals surface area contributed by atoms with Crippen molar-refractivity contribution >= 4 is 33.4 Å². The van der Waals surface area contributed by atoms with Crippen LogP contribution >= 0.6 is 0 Å². The molecule has 0 unspecified atom stereocenters. The van der Waals surface area contributed by atoms with E-state index in [0.29, 0.717) is 17.0 Å². The van der Waals surface area contributed by atoms with Crippen LogP contribution in [0.3, 0.4) is 0 Å². The number of fused-ring (bicyclic) bond motifs is 3. The standard InChI is InChI=1S/C17H21N5O/c1-4-8-22(5-2)11-6-7-12-13(9-11)16(23)20-15-14(12)10-19-17(18-3)21-15/h6-7,9-10H,4-5,8H2,1-3H3,(H2,18,19,20,21,23). The number of nitrogens with one attached hydrogen (secondary N) is 2. The number of pyridine rings is 1. The molecule has 0 amide bonds. The molecule has 0 atom stereocenters. The molecule has 0 aliphatic heterocycles. The average Bonchev–Trinajstić information content (AvgIpc) is 2.59. The summed E-state index contributed by atoms with van der Waals surface area (Å²) in [7, 11) is 1.75. The lowest BCUT2D eigenvalue weighted by atomic mass is 10.1. The average molecular weight is 311 g/mol. The SMILES string of the molecule is CCCN(CC)c1ccc2c(c1)c(=O)[nH]c1nc(NC)ncc12. The molecule has 3 aromatic rings. The second kappa shape index (κ2) is 6.24. The van der Waals surface area contributed by atoms with Crippen LogP contribution in [-0.4, -0.2) is 35.1 Å². The maximum atomic E-state index is 12.5. The van der Waals surface area contributed by atoms with Crippen molar-refractivity contribution in [1.29, 1.82) is 0 Å². The van der Waals surface area contributed by atoms with E-state index in [4.69, 9.17) is 0 Å². The number of aromatic nitrogens is 3. The highest BCUT2D eigenvalue weighted by molar-refractivity contribution is 6.04. The van der Waals surface area contributed by atoms with Crippen LogP contribution in [0.15, 0.2) is 29.2 Å². The molecule has 0 aliphatic rings. The first-order chi connectivity index (χ1) is 11.2. The third kappa shape index (κ3) is 2.72. The number of anilines is 2. The van der Waals surface area contributed by atoms with Crippen LogP contribution in [0.4, 0.5) is 11.6 Å². The van der Waals surface area contributed by atoms with Crippen molar-refractivity contribution in [3.05, 3.63) is 34.7 Å². The minimum absolute atomic E-state index is 0.123.